The highest BCUT2D eigenvalue weighted by Crippen LogP contribution is 1.77. The summed E-state index contributed by atoms with van der Waals surface area (Å²) in [5.41, 5.74) is 0. The monoisotopic (exact) mass is 149 g/mol. The molecule has 1 atom stereocenters. The molecule has 0 aliphatic heterocycles. The molecule has 1 unspecified atom stereocenters. The van der Waals surface area contributed by atoms with Gasteiger partial charge in [-0.25, -0.2) is 0 Å². The van der Waals surface area contributed by atoms with E-state index in [1.807, 2.05) is 6.92 Å². The third-order valence-electron chi connectivity index (χ3n) is 1.27. The van der Waals surface area contributed by atoms with E-state index in [1.54, 1.807) is 0 Å². The Kier molecular flexibility index (Phi) is 11.1. The molecule has 3 nitrogen and oxygen atoms in total. The molecule has 4 N–H and O–H groups in total. The third-order valence-corrected chi connectivity index (χ3v) is 1.27. The second kappa shape index (κ2) is 8.88. The van der Waals surface area contributed by atoms with Crippen molar-refractivity contribution in [2.75, 3.05) is 13.1 Å². The zero-order valence-corrected chi connectivity index (χ0v) is 6.88. The third kappa shape index (κ3) is 10.8. The lowest BCUT2D eigenvalue weighted by molar-refractivity contribution is -0.660. The van der Waals surface area contributed by atoms with Crippen LogP contribution in [-0.2, 0) is 0 Å². The smallest absolute Gasteiger partial charge is 0.102 e. The molecule has 3 heteroatoms. The number of rotatable bonds is 5. The topological polar surface area (TPSA) is 66.8 Å². The summed E-state index contributed by atoms with van der Waals surface area (Å²) in [5, 5.41) is 11.0. The zero-order valence-electron chi connectivity index (χ0n) is 6.88. The molecule has 0 saturated carbocycles. The summed E-state index contributed by atoms with van der Waals surface area (Å²) < 4.78 is 0. The van der Waals surface area contributed by atoms with Crippen LogP contribution in [0.3, 0.4) is 0 Å². The summed E-state index contributed by atoms with van der Waals surface area (Å²) in [6.07, 6.45) is 2.35. The van der Waals surface area contributed by atoms with Crippen LogP contribution >= 0.6 is 0 Å². The lowest BCUT2D eigenvalue weighted by Crippen LogP contribution is -2.86. The van der Waals surface area contributed by atoms with Gasteiger partial charge in [0.15, 0.2) is 0 Å². The standard InChI is InChI=1S/C7H17NO.H2O/c1-3-4-5-8-6-7(2)9;/h7-9H,3-6H2,1-2H3;1H2. The first-order valence-electron chi connectivity index (χ1n) is 3.77. The highest BCUT2D eigenvalue weighted by atomic mass is 16.3. The first-order chi connectivity index (χ1) is 4.27. The Balaban J connectivity index is 0. The maximum atomic E-state index is 8.82. The molecule has 0 aromatic rings. The minimum absolute atomic E-state index is 0. The van der Waals surface area contributed by atoms with Gasteiger partial charge in [0.25, 0.3) is 0 Å². The van der Waals surface area contributed by atoms with Crippen LogP contribution in [0.15, 0.2) is 0 Å². The van der Waals surface area contributed by atoms with E-state index >= 15 is 0 Å². The number of unbranched alkanes of at least 4 members (excludes halogenated alkanes) is 1. The van der Waals surface area contributed by atoms with Crippen LogP contribution in [-0.4, -0.2) is 29.8 Å². The van der Waals surface area contributed by atoms with Gasteiger partial charge in [0, 0.05) is 0 Å². The lowest BCUT2D eigenvalue weighted by atomic mass is 10.3. The minimum atomic E-state index is -0.151. The van der Waals surface area contributed by atoms with E-state index in [9.17, 15) is 0 Å². The molecule has 0 saturated heterocycles. The number of quaternary nitrogens is 1. The largest absolute Gasteiger partial charge is 0.870 e. The van der Waals surface area contributed by atoms with Crippen molar-refractivity contribution < 1.29 is 15.9 Å². The molecule has 0 fully saturated rings. The van der Waals surface area contributed by atoms with Crippen molar-refractivity contribution in [3.05, 3.63) is 0 Å². The summed E-state index contributed by atoms with van der Waals surface area (Å²) in [5.74, 6) is 0. The molecule has 0 rings (SSSR count). The number of aliphatic hydroxyl groups is 1. The molecule has 0 amide bonds. The molecule has 0 radical (unpaired) electrons. The molecule has 0 aliphatic carbocycles. The highest BCUT2D eigenvalue weighted by Gasteiger charge is 1.95. The van der Waals surface area contributed by atoms with Gasteiger partial charge in [-0.2, -0.15) is 0 Å². The van der Waals surface area contributed by atoms with Gasteiger partial charge in [-0.15, -0.1) is 0 Å². The molecule has 64 valence electrons. The first-order valence-corrected chi connectivity index (χ1v) is 3.77. The Hall–Kier alpha value is -0.120. The van der Waals surface area contributed by atoms with Crippen LogP contribution in [0.25, 0.3) is 0 Å². The van der Waals surface area contributed by atoms with Gasteiger partial charge in [0.2, 0.25) is 0 Å². The average Bonchev–Trinajstić information content (AvgIpc) is 1.80. The van der Waals surface area contributed by atoms with Gasteiger partial charge < -0.3 is 15.9 Å². The van der Waals surface area contributed by atoms with Crippen LogP contribution in [0.5, 0.6) is 0 Å². The van der Waals surface area contributed by atoms with Gasteiger partial charge in [0.1, 0.15) is 6.54 Å². The SMILES string of the molecule is CCCC[NH2+]CC(C)O.[OH-]. The number of aliphatic hydroxyl groups excluding tert-OH is 1. The van der Waals surface area contributed by atoms with E-state index in [4.69, 9.17) is 5.11 Å². The highest BCUT2D eigenvalue weighted by molar-refractivity contribution is 4.36. The van der Waals surface area contributed by atoms with Crippen molar-refractivity contribution >= 4 is 0 Å². The van der Waals surface area contributed by atoms with Crippen molar-refractivity contribution in [1.82, 2.24) is 0 Å². The van der Waals surface area contributed by atoms with Gasteiger partial charge in [-0.05, 0) is 13.3 Å². The zero-order chi connectivity index (χ0) is 7.11. The summed E-state index contributed by atoms with van der Waals surface area (Å²) in [4.78, 5) is 0. The molecule has 0 aromatic heterocycles. The molecule has 10 heavy (non-hydrogen) atoms. The van der Waals surface area contributed by atoms with Crippen LogP contribution < -0.4 is 5.32 Å². The van der Waals surface area contributed by atoms with Crippen LogP contribution in [0, 0.1) is 0 Å². The molecule has 0 bridgehead atoms. The molecule has 0 aliphatic rings. The fourth-order valence-electron chi connectivity index (χ4n) is 0.708. The van der Waals surface area contributed by atoms with E-state index in [2.05, 4.69) is 12.2 Å². The van der Waals surface area contributed by atoms with Gasteiger partial charge >= 0.3 is 0 Å². The molecular weight excluding hydrogens is 130 g/mol. The first kappa shape index (κ1) is 12.5. The van der Waals surface area contributed by atoms with Crippen LogP contribution in [0.2, 0.25) is 0 Å². The van der Waals surface area contributed by atoms with Crippen molar-refractivity contribution in [2.45, 2.75) is 32.8 Å². The summed E-state index contributed by atoms with van der Waals surface area (Å²) >= 11 is 0. The maximum Gasteiger partial charge on any atom is 0.102 e. The van der Waals surface area contributed by atoms with Crippen molar-refractivity contribution in [3.8, 4) is 0 Å². The van der Waals surface area contributed by atoms with Gasteiger partial charge in [-0.3, -0.25) is 0 Å². The Bertz CT molecular complexity index is 57.6. The summed E-state index contributed by atoms with van der Waals surface area (Å²) in [6, 6.07) is 0. The normalized spacial score (nSPS) is 12.3. The molecular formula is C7H19NO2. The van der Waals surface area contributed by atoms with E-state index in [0.717, 1.165) is 13.1 Å². The fraction of sp³-hybridized carbons (Fsp3) is 1.00. The van der Waals surface area contributed by atoms with E-state index in [-0.39, 0.29) is 11.6 Å². The lowest BCUT2D eigenvalue weighted by Gasteiger charge is -2.01. The van der Waals surface area contributed by atoms with Crippen molar-refractivity contribution in [2.24, 2.45) is 0 Å². The quantitative estimate of drug-likeness (QED) is 0.520. The Morgan fingerprint density at radius 1 is 1.50 bits per heavy atom. The minimum Gasteiger partial charge on any atom is -0.870 e. The van der Waals surface area contributed by atoms with Crippen molar-refractivity contribution in [3.63, 3.8) is 0 Å². The van der Waals surface area contributed by atoms with Crippen LogP contribution in [0.1, 0.15) is 26.7 Å². The molecule has 0 aromatic carbocycles. The predicted octanol–water partition coefficient (Wildman–Crippen LogP) is -0.446. The van der Waals surface area contributed by atoms with E-state index in [0.29, 0.717) is 0 Å². The summed E-state index contributed by atoms with van der Waals surface area (Å²) in [6.45, 7) is 6.00. The number of hydrogen-bond donors (Lipinski definition) is 2. The predicted molar refractivity (Wildman–Crippen MR) is 40.2 cm³/mol. The molecule has 0 heterocycles. The Morgan fingerprint density at radius 3 is 2.50 bits per heavy atom. The Labute approximate surface area is 62.8 Å². The number of hydrogen-bond acceptors (Lipinski definition) is 2. The number of nitrogens with two attached hydrogens (primary N) is 1. The maximum absolute atomic E-state index is 8.82. The Morgan fingerprint density at radius 2 is 2.10 bits per heavy atom. The molecule has 0 spiro atoms. The second-order valence-corrected chi connectivity index (χ2v) is 2.52. The van der Waals surface area contributed by atoms with Crippen LogP contribution in [0.4, 0.5) is 0 Å². The van der Waals surface area contributed by atoms with Gasteiger partial charge in [-0.1, -0.05) is 13.3 Å². The average molecular weight is 149 g/mol. The van der Waals surface area contributed by atoms with Crippen molar-refractivity contribution in [1.29, 1.82) is 0 Å². The van der Waals surface area contributed by atoms with E-state index < -0.39 is 0 Å². The second-order valence-electron chi connectivity index (χ2n) is 2.52. The van der Waals surface area contributed by atoms with E-state index in [1.165, 1.54) is 12.8 Å². The summed E-state index contributed by atoms with van der Waals surface area (Å²) in [7, 11) is 0. The van der Waals surface area contributed by atoms with Gasteiger partial charge in [0.05, 0.1) is 12.6 Å². The fourth-order valence-corrected chi connectivity index (χ4v) is 0.708.